The normalized spacial score (nSPS) is 12.2. The Morgan fingerprint density at radius 1 is 1.18 bits per heavy atom. The summed E-state index contributed by atoms with van der Waals surface area (Å²) in [6.45, 7) is 9.34. The third-order valence-electron chi connectivity index (χ3n) is 7.31. The number of rotatable bonds is 13. The number of nitrogens with zero attached hydrogens (tertiary/aromatic N) is 4. The number of likely N-dealkylation sites (N-methyl/N-ethyl adjacent to an activating group) is 1. The first-order valence-electron chi connectivity index (χ1n) is 13.7. The van der Waals surface area contributed by atoms with Crippen LogP contribution in [0, 0.1) is 10.1 Å². The standard InChI is InChI=1S/C30H38N6O3/c1-5-15-35-20-22(19-31-35)13-16-34(4)17-14-24-26-18-23(11-12-27(26)33-29(24)21(3)6-2)32-30(37)25-9-7-8-10-28(25)36(38)39/h7-12,18-21,33H,5-6,13-17H2,1-4H3,(H,32,37). The topological polar surface area (TPSA) is 109 Å². The summed E-state index contributed by atoms with van der Waals surface area (Å²) >= 11 is 0. The van der Waals surface area contributed by atoms with E-state index in [-0.39, 0.29) is 11.3 Å². The minimum absolute atomic E-state index is 0.0408. The van der Waals surface area contributed by atoms with Gasteiger partial charge in [0.25, 0.3) is 11.6 Å². The Labute approximate surface area is 229 Å². The summed E-state index contributed by atoms with van der Waals surface area (Å²) in [5.41, 5.74) is 5.20. The summed E-state index contributed by atoms with van der Waals surface area (Å²) in [4.78, 5) is 29.7. The molecule has 39 heavy (non-hydrogen) atoms. The lowest BCUT2D eigenvalue weighted by molar-refractivity contribution is -0.385. The van der Waals surface area contributed by atoms with E-state index in [2.05, 4.69) is 54.3 Å². The Balaban J connectivity index is 1.51. The molecule has 2 aromatic carbocycles. The lowest BCUT2D eigenvalue weighted by Gasteiger charge is -2.17. The largest absolute Gasteiger partial charge is 0.358 e. The van der Waals surface area contributed by atoms with Crippen LogP contribution in [0.15, 0.2) is 54.9 Å². The van der Waals surface area contributed by atoms with Gasteiger partial charge in [-0.2, -0.15) is 5.10 Å². The molecule has 1 amide bonds. The predicted molar refractivity (Wildman–Crippen MR) is 155 cm³/mol. The van der Waals surface area contributed by atoms with Crippen molar-refractivity contribution in [2.45, 2.75) is 58.9 Å². The third kappa shape index (κ3) is 6.72. The van der Waals surface area contributed by atoms with Gasteiger partial charge in [-0.05, 0) is 74.0 Å². The van der Waals surface area contributed by atoms with Crippen LogP contribution in [0.4, 0.5) is 11.4 Å². The van der Waals surface area contributed by atoms with Gasteiger partial charge in [0, 0.05) is 54.2 Å². The number of nitro benzene ring substituents is 1. The number of anilines is 1. The molecule has 0 saturated carbocycles. The Bertz CT molecular complexity index is 1440. The molecule has 4 rings (SSSR count). The number of aryl methyl sites for hydroxylation is 1. The van der Waals surface area contributed by atoms with E-state index in [4.69, 9.17) is 0 Å². The van der Waals surface area contributed by atoms with E-state index < -0.39 is 10.8 Å². The Morgan fingerprint density at radius 3 is 2.69 bits per heavy atom. The smallest absolute Gasteiger partial charge is 0.282 e. The second-order valence-corrected chi connectivity index (χ2v) is 10.2. The molecule has 0 bridgehead atoms. The zero-order valence-corrected chi connectivity index (χ0v) is 23.2. The summed E-state index contributed by atoms with van der Waals surface area (Å²) < 4.78 is 2.01. The first-order valence-corrected chi connectivity index (χ1v) is 13.7. The van der Waals surface area contributed by atoms with E-state index in [1.54, 1.807) is 12.1 Å². The van der Waals surface area contributed by atoms with Gasteiger partial charge in [-0.1, -0.05) is 32.9 Å². The number of nitrogens with one attached hydrogen (secondary N) is 2. The maximum atomic E-state index is 12.9. The van der Waals surface area contributed by atoms with Gasteiger partial charge in [-0.25, -0.2) is 0 Å². The number of hydrogen-bond acceptors (Lipinski definition) is 5. The van der Waals surface area contributed by atoms with Gasteiger partial charge in [-0.3, -0.25) is 19.6 Å². The van der Waals surface area contributed by atoms with Gasteiger partial charge < -0.3 is 15.2 Å². The van der Waals surface area contributed by atoms with E-state index >= 15 is 0 Å². The molecule has 2 heterocycles. The highest BCUT2D eigenvalue weighted by atomic mass is 16.6. The fraction of sp³-hybridized carbons (Fsp3) is 0.400. The van der Waals surface area contributed by atoms with Crippen molar-refractivity contribution in [2.24, 2.45) is 0 Å². The van der Waals surface area contributed by atoms with Crippen LogP contribution >= 0.6 is 0 Å². The van der Waals surface area contributed by atoms with Gasteiger partial charge in [0.05, 0.1) is 11.1 Å². The molecule has 0 fully saturated rings. The highest BCUT2D eigenvalue weighted by molar-refractivity contribution is 6.07. The number of aromatic nitrogens is 3. The summed E-state index contributed by atoms with van der Waals surface area (Å²) in [6, 6.07) is 11.8. The van der Waals surface area contributed by atoms with Crippen molar-refractivity contribution in [3.05, 3.63) is 87.4 Å². The molecule has 0 aliphatic rings. The number of amides is 1. The maximum absolute atomic E-state index is 12.9. The van der Waals surface area contributed by atoms with Gasteiger partial charge in [-0.15, -0.1) is 0 Å². The van der Waals surface area contributed by atoms with Crippen LogP contribution in [0.5, 0.6) is 0 Å². The zero-order chi connectivity index (χ0) is 27.9. The summed E-state index contributed by atoms with van der Waals surface area (Å²) in [5.74, 6) is -0.130. The molecule has 0 radical (unpaired) electrons. The molecule has 0 spiro atoms. The van der Waals surface area contributed by atoms with Gasteiger partial charge in [0.2, 0.25) is 0 Å². The van der Waals surface area contributed by atoms with Crippen molar-refractivity contribution < 1.29 is 9.72 Å². The van der Waals surface area contributed by atoms with Crippen LogP contribution in [0.1, 0.15) is 66.7 Å². The quantitative estimate of drug-likeness (QED) is 0.159. The van der Waals surface area contributed by atoms with Gasteiger partial charge in [0.15, 0.2) is 0 Å². The first-order chi connectivity index (χ1) is 18.8. The van der Waals surface area contributed by atoms with Crippen LogP contribution in [0.25, 0.3) is 10.9 Å². The van der Waals surface area contributed by atoms with E-state index in [1.807, 2.05) is 29.1 Å². The fourth-order valence-electron chi connectivity index (χ4n) is 4.88. The number of para-hydroxylation sites is 1. The molecule has 206 valence electrons. The molecule has 2 N–H and O–H groups in total. The summed E-state index contributed by atoms with van der Waals surface area (Å²) in [7, 11) is 2.15. The lowest BCUT2D eigenvalue weighted by atomic mass is 9.97. The second kappa shape index (κ2) is 12.7. The highest BCUT2D eigenvalue weighted by Crippen LogP contribution is 2.32. The molecule has 4 aromatic rings. The molecule has 9 heteroatoms. The fourth-order valence-corrected chi connectivity index (χ4v) is 4.88. The van der Waals surface area contributed by atoms with Crippen molar-refractivity contribution >= 4 is 28.2 Å². The zero-order valence-electron chi connectivity index (χ0n) is 23.2. The number of carbonyl (C=O) groups excluding carboxylic acids is 1. The lowest BCUT2D eigenvalue weighted by Crippen LogP contribution is -2.24. The number of aromatic amines is 1. The Morgan fingerprint density at radius 2 is 1.95 bits per heavy atom. The minimum atomic E-state index is -0.533. The predicted octanol–water partition coefficient (Wildman–Crippen LogP) is 6.17. The average molecular weight is 531 g/mol. The van der Waals surface area contributed by atoms with Crippen molar-refractivity contribution in [3.63, 3.8) is 0 Å². The molecule has 1 unspecified atom stereocenters. The minimum Gasteiger partial charge on any atom is -0.358 e. The molecule has 9 nitrogen and oxygen atoms in total. The van der Waals surface area contributed by atoms with Crippen molar-refractivity contribution in [1.82, 2.24) is 19.7 Å². The molecular formula is C30H38N6O3. The highest BCUT2D eigenvalue weighted by Gasteiger charge is 2.21. The molecule has 0 aliphatic carbocycles. The first kappa shape index (κ1) is 28.0. The number of fused-ring (bicyclic) bond motifs is 1. The van der Waals surface area contributed by atoms with Crippen LogP contribution in [0.3, 0.4) is 0 Å². The number of benzene rings is 2. The van der Waals surface area contributed by atoms with Crippen molar-refractivity contribution in [2.75, 3.05) is 25.5 Å². The molecular weight excluding hydrogens is 492 g/mol. The average Bonchev–Trinajstić information content (AvgIpc) is 3.54. The van der Waals surface area contributed by atoms with Crippen LogP contribution in [-0.2, 0) is 19.4 Å². The van der Waals surface area contributed by atoms with E-state index in [9.17, 15) is 14.9 Å². The third-order valence-corrected chi connectivity index (χ3v) is 7.31. The monoisotopic (exact) mass is 530 g/mol. The summed E-state index contributed by atoms with van der Waals surface area (Å²) in [6.07, 6.45) is 8.00. The Hall–Kier alpha value is -3.98. The number of nitro groups is 1. The number of carbonyl (C=O) groups is 1. The van der Waals surface area contributed by atoms with E-state index in [0.717, 1.165) is 56.2 Å². The van der Waals surface area contributed by atoms with E-state index in [0.29, 0.717) is 11.6 Å². The molecule has 0 saturated heterocycles. The maximum Gasteiger partial charge on any atom is 0.282 e. The van der Waals surface area contributed by atoms with Crippen LogP contribution in [-0.4, -0.2) is 50.6 Å². The van der Waals surface area contributed by atoms with Crippen LogP contribution < -0.4 is 5.32 Å². The Kier molecular flexibility index (Phi) is 9.14. The second-order valence-electron chi connectivity index (χ2n) is 10.2. The van der Waals surface area contributed by atoms with Crippen LogP contribution in [0.2, 0.25) is 0 Å². The molecule has 0 aliphatic heterocycles. The van der Waals surface area contributed by atoms with Crippen molar-refractivity contribution in [3.8, 4) is 0 Å². The molecule has 2 aromatic heterocycles. The van der Waals surface area contributed by atoms with E-state index in [1.165, 1.54) is 29.0 Å². The van der Waals surface area contributed by atoms with Gasteiger partial charge in [0.1, 0.15) is 5.56 Å². The SMILES string of the molecule is CCCn1cc(CCN(C)CCc2c(C(C)CC)[nH]c3ccc(NC(=O)c4ccccc4[N+](=O)[O-])cc23)cn1. The summed E-state index contributed by atoms with van der Waals surface area (Å²) in [5, 5.41) is 19.8. The number of hydrogen-bond donors (Lipinski definition) is 2. The molecule has 1 atom stereocenters. The number of H-pyrrole nitrogens is 1. The van der Waals surface area contributed by atoms with Crippen molar-refractivity contribution in [1.29, 1.82) is 0 Å². The van der Waals surface area contributed by atoms with Gasteiger partial charge >= 0.3 is 0 Å².